The van der Waals surface area contributed by atoms with Gasteiger partial charge in [-0.2, -0.15) is 0 Å². The van der Waals surface area contributed by atoms with Crippen LogP contribution in [0, 0.1) is 0 Å². The van der Waals surface area contributed by atoms with E-state index in [2.05, 4.69) is 43.1 Å². The molecule has 0 aromatic heterocycles. The minimum atomic E-state index is 0.622. The van der Waals surface area contributed by atoms with E-state index < -0.39 is 0 Å². The summed E-state index contributed by atoms with van der Waals surface area (Å²) < 4.78 is 0. The van der Waals surface area contributed by atoms with Crippen LogP contribution in [0.1, 0.15) is 117 Å². The van der Waals surface area contributed by atoms with Crippen LogP contribution in [0.25, 0.3) is 0 Å². The molecule has 0 fully saturated rings. The first kappa shape index (κ1) is 22.4. The Labute approximate surface area is 159 Å². The predicted octanol–water partition coefficient (Wildman–Crippen LogP) is 7.31. The summed E-state index contributed by atoms with van der Waals surface area (Å²) in [6, 6.07) is 0. The van der Waals surface area contributed by atoms with E-state index in [4.69, 9.17) is 0 Å². The number of nitrogens with zero attached hydrogens (tertiary/aromatic N) is 2. The van der Waals surface area contributed by atoms with Crippen molar-refractivity contribution in [3.05, 3.63) is 12.4 Å². The van der Waals surface area contributed by atoms with E-state index in [9.17, 15) is 0 Å². The van der Waals surface area contributed by atoms with Crippen molar-refractivity contribution in [3.63, 3.8) is 0 Å². The molecule has 2 nitrogen and oxygen atoms in total. The monoisotopic (exact) mass is 350 g/mol. The molecule has 1 heterocycles. The zero-order valence-electron chi connectivity index (χ0n) is 17.6. The predicted molar refractivity (Wildman–Crippen MR) is 113 cm³/mol. The Morgan fingerprint density at radius 2 is 1.08 bits per heavy atom. The highest BCUT2D eigenvalue weighted by Crippen LogP contribution is 2.20. The molecule has 1 atom stereocenters. The first-order chi connectivity index (χ1) is 12.3. The molecule has 0 aromatic rings. The summed E-state index contributed by atoms with van der Waals surface area (Å²) in [5.74, 6) is 0. The van der Waals surface area contributed by atoms with Crippen molar-refractivity contribution in [2.75, 3.05) is 13.6 Å². The molecule has 25 heavy (non-hydrogen) atoms. The minimum absolute atomic E-state index is 0.622. The number of rotatable bonds is 17. The van der Waals surface area contributed by atoms with Crippen LogP contribution in [0.15, 0.2) is 12.4 Å². The fourth-order valence-electron chi connectivity index (χ4n) is 4.00. The largest absolute Gasteiger partial charge is 0.359 e. The van der Waals surface area contributed by atoms with Crippen molar-refractivity contribution in [1.82, 2.24) is 9.80 Å². The van der Waals surface area contributed by atoms with E-state index in [-0.39, 0.29) is 0 Å². The van der Waals surface area contributed by atoms with Gasteiger partial charge >= 0.3 is 0 Å². The molecule has 1 rings (SSSR count). The van der Waals surface area contributed by atoms with Crippen LogP contribution >= 0.6 is 0 Å². The molecule has 0 saturated heterocycles. The van der Waals surface area contributed by atoms with Gasteiger partial charge in [-0.05, 0) is 19.3 Å². The van der Waals surface area contributed by atoms with Crippen molar-refractivity contribution < 1.29 is 0 Å². The molecule has 0 radical (unpaired) electrons. The Kier molecular flexibility index (Phi) is 14.0. The Hall–Kier alpha value is -0.660. The molecule has 0 N–H and O–H groups in total. The lowest BCUT2D eigenvalue weighted by Gasteiger charge is -2.30. The number of hydrogen-bond donors (Lipinski definition) is 0. The fourth-order valence-corrected chi connectivity index (χ4v) is 4.00. The molecule has 0 aromatic carbocycles. The molecule has 0 saturated carbocycles. The summed E-state index contributed by atoms with van der Waals surface area (Å²) in [5, 5.41) is 0. The van der Waals surface area contributed by atoms with E-state index >= 15 is 0 Å². The molecule has 2 heteroatoms. The Morgan fingerprint density at radius 3 is 1.56 bits per heavy atom. The van der Waals surface area contributed by atoms with E-state index in [1.807, 2.05) is 0 Å². The zero-order valence-corrected chi connectivity index (χ0v) is 17.6. The third kappa shape index (κ3) is 10.8. The second kappa shape index (κ2) is 15.6. The zero-order chi connectivity index (χ0) is 18.2. The van der Waals surface area contributed by atoms with Crippen molar-refractivity contribution in [1.29, 1.82) is 0 Å². The van der Waals surface area contributed by atoms with Crippen LogP contribution in [-0.4, -0.2) is 29.6 Å². The Bertz CT molecular complexity index is 313. The lowest BCUT2D eigenvalue weighted by Crippen LogP contribution is -2.36. The number of unbranched alkanes of at least 4 members (excludes halogenated alkanes) is 13. The van der Waals surface area contributed by atoms with Crippen LogP contribution in [0.3, 0.4) is 0 Å². The topological polar surface area (TPSA) is 6.48 Å². The van der Waals surface area contributed by atoms with Crippen LogP contribution in [-0.2, 0) is 0 Å². The summed E-state index contributed by atoms with van der Waals surface area (Å²) in [6.07, 6.45) is 27.9. The molecule has 148 valence electrons. The summed E-state index contributed by atoms with van der Waals surface area (Å²) >= 11 is 0. The van der Waals surface area contributed by atoms with Crippen molar-refractivity contribution >= 4 is 0 Å². The van der Waals surface area contributed by atoms with E-state index in [0.717, 1.165) is 0 Å². The van der Waals surface area contributed by atoms with Gasteiger partial charge in [-0.1, -0.05) is 97.3 Å². The van der Waals surface area contributed by atoms with Crippen molar-refractivity contribution in [2.24, 2.45) is 0 Å². The molecule has 1 aliphatic rings. The minimum Gasteiger partial charge on any atom is -0.359 e. The fraction of sp³-hybridized carbons (Fsp3) is 0.913. The maximum atomic E-state index is 2.52. The summed E-state index contributed by atoms with van der Waals surface area (Å²) in [4.78, 5) is 4.90. The van der Waals surface area contributed by atoms with Gasteiger partial charge in [0, 0.05) is 26.0 Å². The molecular formula is C23H46N2. The highest BCUT2D eigenvalue weighted by atomic mass is 15.4. The molecule has 0 aliphatic carbocycles. The third-order valence-electron chi connectivity index (χ3n) is 5.64. The smallest absolute Gasteiger partial charge is 0.100 e. The van der Waals surface area contributed by atoms with Gasteiger partial charge in [0.2, 0.25) is 0 Å². The second-order valence-electron chi connectivity index (χ2n) is 8.07. The van der Waals surface area contributed by atoms with Gasteiger partial charge in [-0.15, -0.1) is 0 Å². The average molecular weight is 351 g/mol. The summed E-state index contributed by atoms with van der Waals surface area (Å²) in [7, 11) is 2.22. The lowest BCUT2D eigenvalue weighted by molar-refractivity contribution is 0.161. The van der Waals surface area contributed by atoms with E-state index in [0.29, 0.717) is 6.17 Å². The Morgan fingerprint density at radius 1 is 0.600 bits per heavy atom. The molecular weight excluding hydrogens is 304 g/mol. The quantitative estimate of drug-likeness (QED) is 0.254. The van der Waals surface area contributed by atoms with E-state index in [1.165, 1.54) is 109 Å². The first-order valence-electron chi connectivity index (χ1n) is 11.5. The van der Waals surface area contributed by atoms with Gasteiger partial charge in [0.25, 0.3) is 0 Å². The van der Waals surface area contributed by atoms with Crippen molar-refractivity contribution in [3.8, 4) is 0 Å². The van der Waals surface area contributed by atoms with Crippen molar-refractivity contribution in [2.45, 2.75) is 123 Å². The molecule has 1 aliphatic heterocycles. The SMILES string of the molecule is CCCCCCCCCCCCCCCCC1N(C)C=CN1CCC. The van der Waals surface area contributed by atoms with Gasteiger partial charge in [-0.25, -0.2) is 0 Å². The molecule has 0 bridgehead atoms. The first-order valence-corrected chi connectivity index (χ1v) is 11.5. The third-order valence-corrected chi connectivity index (χ3v) is 5.64. The van der Waals surface area contributed by atoms with Gasteiger partial charge in [0.1, 0.15) is 6.17 Å². The van der Waals surface area contributed by atoms with Gasteiger partial charge in [-0.3, -0.25) is 0 Å². The summed E-state index contributed by atoms with van der Waals surface area (Å²) in [6.45, 7) is 5.77. The molecule has 1 unspecified atom stereocenters. The molecule has 0 spiro atoms. The highest BCUT2D eigenvalue weighted by Gasteiger charge is 2.21. The number of hydrogen-bond acceptors (Lipinski definition) is 2. The van der Waals surface area contributed by atoms with Crippen LogP contribution in [0.2, 0.25) is 0 Å². The second-order valence-corrected chi connectivity index (χ2v) is 8.07. The lowest BCUT2D eigenvalue weighted by atomic mass is 10.0. The maximum Gasteiger partial charge on any atom is 0.100 e. The van der Waals surface area contributed by atoms with Crippen LogP contribution in [0.5, 0.6) is 0 Å². The standard InChI is InChI=1S/C23H46N2/c1-4-6-7-8-9-10-11-12-13-14-15-16-17-18-19-23-24(3)21-22-25(23)20-5-2/h21-23H,4-20H2,1-3H3. The normalized spacial score (nSPS) is 17.0. The molecule has 0 amide bonds. The van der Waals surface area contributed by atoms with Crippen LogP contribution < -0.4 is 0 Å². The Balaban J connectivity index is 1.83. The highest BCUT2D eigenvalue weighted by molar-refractivity contribution is 4.95. The maximum absolute atomic E-state index is 2.52. The van der Waals surface area contributed by atoms with Gasteiger partial charge in [0.05, 0.1) is 0 Å². The van der Waals surface area contributed by atoms with Crippen LogP contribution in [0.4, 0.5) is 0 Å². The van der Waals surface area contributed by atoms with Gasteiger partial charge in [0.15, 0.2) is 0 Å². The van der Waals surface area contributed by atoms with Gasteiger partial charge < -0.3 is 9.80 Å². The van der Waals surface area contributed by atoms with E-state index in [1.54, 1.807) is 0 Å². The average Bonchev–Trinajstić information content (AvgIpc) is 2.95. The summed E-state index contributed by atoms with van der Waals surface area (Å²) in [5.41, 5.74) is 0.